The Morgan fingerprint density at radius 2 is 0.910 bits per heavy atom. The van der Waals surface area contributed by atoms with E-state index in [1.807, 2.05) is 72.8 Å². The SMILES string of the molecule is CN[C@@H](C)C(=O)NC(Cc1ccc(OCCCCOc2ccc(C[C@H](NC(=O)[C@H](C)NC)C(=O)N3CCCC3C(=O)N[C@@H]3CCCc4ccccc43)cc2)cc1)C(=O)N1CCC[C@H]1C(=O)N[C@@H]1CCCc2ccccc21.Cl.Cl. The van der Waals surface area contributed by atoms with Crippen molar-refractivity contribution in [2.24, 2.45) is 0 Å². The van der Waals surface area contributed by atoms with Crippen LogP contribution in [0.25, 0.3) is 0 Å². The third-order valence-corrected chi connectivity index (χ3v) is 15.7. The Bertz CT molecular complexity index is 2460. The lowest BCUT2D eigenvalue weighted by molar-refractivity contribution is -0.141. The molecule has 8 rings (SSSR count). The molecule has 6 amide bonds. The lowest BCUT2D eigenvalue weighted by Crippen LogP contribution is -2.56. The summed E-state index contributed by atoms with van der Waals surface area (Å²) in [4.78, 5) is 85.9. The maximum Gasteiger partial charge on any atom is 0.246 e. The van der Waals surface area contributed by atoms with Crippen molar-refractivity contribution in [3.8, 4) is 11.5 Å². The number of rotatable bonds is 23. The van der Waals surface area contributed by atoms with E-state index in [0.717, 1.165) is 73.6 Å². The molecule has 2 fully saturated rings. The highest BCUT2D eigenvalue weighted by Gasteiger charge is 2.41. The molecule has 8 atom stereocenters. The number of carbonyl (C=O) groups is 6. The number of hydrogen-bond donors (Lipinski definition) is 6. The predicted molar refractivity (Wildman–Crippen MR) is 306 cm³/mol. The minimum atomic E-state index is -0.865. The summed E-state index contributed by atoms with van der Waals surface area (Å²) >= 11 is 0. The Kier molecular flexibility index (Phi) is 23.2. The van der Waals surface area contributed by atoms with E-state index in [1.165, 1.54) is 11.1 Å². The van der Waals surface area contributed by atoms with E-state index in [9.17, 15) is 28.8 Å². The van der Waals surface area contributed by atoms with Crippen molar-refractivity contribution in [3.63, 3.8) is 0 Å². The second-order valence-corrected chi connectivity index (χ2v) is 20.9. The Hall–Kier alpha value is -6.20. The maximum atomic E-state index is 14.3. The smallest absolute Gasteiger partial charge is 0.246 e. The topological polar surface area (TPSA) is 200 Å². The number of fused-ring (bicyclic) bond motifs is 2. The van der Waals surface area contributed by atoms with Gasteiger partial charge >= 0.3 is 0 Å². The normalized spacial score (nSPS) is 19.9. The number of ether oxygens (including phenoxy) is 2. The van der Waals surface area contributed by atoms with Crippen LogP contribution in [0.5, 0.6) is 11.5 Å². The Morgan fingerprint density at radius 1 is 0.526 bits per heavy atom. The average molecular weight is 1110 g/mol. The molecule has 6 N–H and O–H groups in total. The van der Waals surface area contributed by atoms with Gasteiger partial charge in [0, 0.05) is 25.9 Å². The van der Waals surface area contributed by atoms with E-state index in [-0.39, 0.29) is 85.2 Å². The van der Waals surface area contributed by atoms with Crippen LogP contribution in [0.1, 0.15) is 124 Å². The van der Waals surface area contributed by atoms with Crippen molar-refractivity contribution < 1.29 is 38.2 Å². The second kappa shape index (κ2) is 29.7. The highest BCUT2D eigenvalue weighted by molar-refractivity contribution is 5.95. The van der Waals surface area contributed by atoms with E-state index in [2.05, 4.69) is 56.2 Å². The number of benzene rings is 4. The molecule has 2 saturated heterocycles. The first kappa shape index (κ1) is 61.0. The molecule has 0 aromatic heterocycles. The van der Waals surface area contributed by atoms with Gasteiger partial charge in [-0.05, 0) is 163 Å². The van der Waals surface area contributed by atoms with Gasteiger partial charge in [0.15, 0.2) is 0 Å². The largest absolute Gasteiger partial charge is 0.494 e. The van der Waals surface area contributed by atoms with Crippen molar-refractivity contribution in [1.82, 2.24) is 41.7 Å². The van der Waals surface area contributed by atoms with Crippen LogP contribution in [0.2, 0.25) is 0 Å². The van der Waals surface area contributed by atoms with E-state index >= 15 is 0 Å². The number of nitrogens with one attached hydrogen (secondary N) is 6. The maximum absolute atomic E-state index is 14.3. The summed E-state index contributed by atoms with van der Waals surface area (Å²) in [6, 6.07) is 27.4. The molecule has 4 aromatic carbocycles. The molecule has 0 saturated carbocycles. The summed E-state index contributed by atoms with van der Waals surface area (Å²) in [6.07, 6.45) is 10.2. The summed E-state index contributed by atoms with van der Waals surface area (Å²) in [5, 5.41) is 18.4. The van der Waals surface area contributed by atoms with E-state index in [1.54, 1.807) is 37.7 Å². The first-order chi connectivity index (χ1) is 36.9. The summed E-state index contributed by atoms with van der Waals surface area (Å²) in [6.45, 7) is 5.30. The monoisotopic (exact) mass is 1110 g/mol. The summed E-state index contributed by atoms with van der Waals surface area (Å²) in [5.74, 6) is -0.0760. The van der Waals surface area contributed by atoms with Crippen molar-refractivity contribution >= 4 is 60.3 Å². The van der Waals surface area contributed by atoms with Crippen LogP contribution in [0.4, 0.5) is 0 Å². The number of hydrogen-bond acceptors (Lipinski definition) is 10. The molecule has 2 aliphatic heterocycles. The third kappa shape index (κ3) is 15.8. The van der Waals surface area contributed by atoms with Gasteiger partial charge in [0.05, 0.1) is 37.4 Å². The second-order valence-electron chi connectivity index (χ2n) is 20.9. The molecule has 0 spiro atoms. The highest BCUT2D eigenvalue weighted by atomic mass is 35.5. The highest BCUT2D eigenvalue weighted by Crippen LogP contribution is 2.32. The van der Waals surface area contributed by atoms with Crippen LogP contribution in [-0.2, 0) is 54.5 Å². The molecule has 2 heterocycles. The van der Waals surface area contributed by atoms with E-state index in [0.29, 0.717) is 63.5 Å². The Balaban J connectivity index is 0.00000492. The number of unbranched alkanes of at least 4 members (excludes halogenated alkanes) is 1. The summed E-state index contributed by atoms with van der Waals surface area (Å²) < 4.78 is 12.1. The molecule has 18 heteroatoms. The molecule has 16 nitrogen and oxygen atoms in total. The number of likely N-dealkylation sites (N-methyl/N-ethyl adjacent to an activating group) is 2. The summed E-state index contributed by atoms with van der Waals surface area (Å²) in [5.41, 5.74) is 6.48. The fourth-order valence-corrected chi connectivity index (χ4v) is 11.1. The third-order valence-electron chi connectivity index (χ3n) is 15.7. The number of halogens is 2. The zero-order valence-corrected chi connectivity index (χ0v) is 47.2. The van der Waals surface area contributed by atoms with Gasteiger partial charge in [-0.2, -0.15) is 0 Å². The van der Waals surface area contributed by atoms with Crippen LogP contribution in [0.15, 0.2) is 97.1 Å². The summed E-state index contributed by atoms with van der Waals surface area (Å²) in [7, 11) is 3.39. The minimum Gasteiger partial charge on any atom is -0.494 e. The number of amides is 6. The minimum absolute atomic E-state index is 0. The molecular weight excluding hydrogens is 1030 g/mol. The Morgan fingerprint density at radius 3 is 1.29 bits per heavy atom. The zero-order valence-electron chi connectivity index (χ0n) is 45.6. The van der Waals surface area contributed by atoms with Crippen molar-refractivity contribution in [2.45, 2.75) is 152 Å². The van der Waals surface area contributed by atoms with Crippen molar-refractivity contribution in [2.75, 3.05) is 40.4 Å². The van der Waals surface area contributed by atoms with Crippen molar-refractivity contribution in [3.05, 3.63) is 130 Å². The molecule has 4 aliphatic rings. The van der Waals surface area contributed by atoms with Gasteiger partial charge in [-0.3, -0.25) is 28.8 Å². The predicted octanol–water partition coefficient (Wildman–Crippen LogP) is 6.41. The van der Waals surface area contributed by atoms with Gasteiger partial charge in [0.1, 0.15) is 35.7 Å². The van der Waals surface area contributed by atoms with E-state index in [4.69, 9.17) is 9.47 Å². The fraction of sp³-hybridized carbons (Fsp3) is 0.500. The molecule has 4 aromatic rings. The van der Waals surface area contributed by atoms with Crippen LogP contribution in [-0.4, -0.2) is 122 Å². The number of carbonyl (C=O) groups excluding carboxylic acids is 6. The molecule has 0 bridgehead atoms. The molecule has 0 radical (unpaired) electrons. The average Bonchev–Trinajstić information content (AvgIpc) is 4.16. The van der Waals surface area contributed by atoms with Gasteiger partial charge in [0.25, 0.3) is 0 Å². The lowest BCUT2D eigenvalue weighted by Gasteiger charge is -2.32. The number of nitrogens with zero attached hydrogens (tertiary/aromatic N) is 2. The number of aryl methyl sites for hydroxylation is 2. The molecule has 2 unspecified atom stereocenters. The lowest BCUT2D eigenvalue weighted by atomic mass is 9.87. The molecule has 78 heavy (non-hydrogen) atoms. The van der Waals surface area contributed by atoms with E-state index < -0.39 is 36.3 Å². The Labute approximate surface area is 472 Å². The van der Waals surface area contributed by atoms with Crippen LogP contribution in [0.3, 0.4) is 0 Å². The van der Waals surface area contributed by atoms with Gasteiger partial charge in [-0.1, -0.05) is 72.8 Å². The molecule has 2 aliphatic carbocycles. The van der Waals surface area contributed by atoms with Gasteiger partial charge in [-0.25, -0.2) is 0 Å². The first-order valence-electron chi connectivity index (χ1n) is 27.7. The van der Waals surface area contributed by atoms with Gasteiger partial charge in [-0.15, -0.1) is 24.8 Å². The first-order valence-corrected chi connectivity index (χ1v) is 27.7. The van der Waals surface area contributed by atoms with Crippen LogP contribution < -0.4 is 41.4 Å². The number of likely N-dealkylation sites (tertiary alicyclic amines) is 2. The molecule has 422 valence electrons. The van der Waals surface area contributed by atoms with Crippen LogP contribution >= 0.6 is 24.8 Å². The van der Waals surface area contributed by atoms with Gasteiger partial charge in [0.2, 0.25) is 35.4 Å². The van der Waals surface area contributed by atoms with Crippen LogP contribution in [0, 0.1) is 0 Å². The fourth-order valence-electron chi connectivity index (χ4n) is 11.1. The molecular formula is C60H80Cl2N8O8. The van der Waals surface area contributed by atoms with Crippen molar-refractivity contribution in [1.29, 1.82) is 0 Å². The van der Waals surface area contributed by atoms with Gasteiger partial charge < -0.3 is 51.2 Å². The standard InChI is InChI=1S/C60H78N8O8.2ClH/c1-39(61-3)55(69)65-51(59(73)67-33-13-23-53(67)57(71)63-49-21-11-17-43-15-5-7-19-47(43)49)37-41-25-29-45(30-26-41)75-35-9-10-36-76-46-31-27-42(28-32-46)38-52(66-56(70)40(2)62-4)60(74)68-34-14-24-54(68)58(72)64-50-22-12-18-44-16-6-8-20-48(44)50;;/h5-8,15-16,19-20,25-32,39-40,49-54,61-62H,9-14,17-18,21-24,33-38H2,1-4H3,(H,63,71)(H,64,72)(H,65,69)(H,66,70);2*1H/t39-,40-,49+,50+,51-,52?,53?,54-;;/m0../s1. The quantitative estimate of drug-likeness (QED) is 0.0452. The zero-order chi connectivity index (χ0) is 53.6.